The second kappa shape index (κ2) is 9.89. The van der Waals surface area contributed by atoms with Crippen molar-refractivity contribution in [2.75, 3.05) is 39.8 Å². The number of sulfonamides is 1. The first-order chi connectivity index (χ1) is 12.5. The Kier molecular flexibility index (Phi) is 7.85. The maximum atomic E-state index is 12.0. The van der Waals surface area contributed by atoms with Crippen LogP contribution in [0.5, 0.6) is 0 Å². The highest BCUT2D eigenvalue weighted by atomic mass is 32.2. The highest BCUT2D eigenvalue weighted by Gasteiger charge is 2.27. The van der Waals surface area contributed by atoms with Crippen LogP contribution in [0.4, 0.5) is 0 Å². The number of nitrogens with one attached hydrogen (secondary N) is 2. The number of carbonyl (C=O) groups is 1. The number of ether oxygens (including phenoxy) is 1. The van der Waals surface area contributed by atoms with Gasteiger partial charge < -0.3 is 15.0 Å². The Morgan fingerprint density at radius 2 is 2.12 bits per heavy atom. The first-order valence-corrected chi connectivity index (χ1v) is 11.0. The zero-order valence-electron chi connectivity index (χ0n) is 15.1. The van der Waals surface area contributed by atoms with Gasteiger partial charge in [0.25, 0.3) is 0 Å². The molecule has 1 saturated heterocycles. The summed E-state index contributed by atoms with van der Waals surface area (Å²) in [6, 6.07) is 3.28. The van der Waals surface area contributed by atoms with Crippen molar-refractivity contribution >= 4 is 33.3 Å². The van der Waals surface area contributed by atoms with Gasteiger partial charge in [-0.05, 0) is 31.2 Å². The molecule has 0 atom stereocenters. The van der Waals surface area contributed by atoms with Gasteiger partial charge in [-0.3, -0.25) is 9.79 Å². The van der Waals surface area contributed by atoms with E-state index in [-0.39, 0.29) is 18.4 Å². The Labute approximate surface area is 158 Å². The van der Waals surface area contributed by atoms with E-state index < -0.39 is 10.0 Å². The van der Waals surface area contributed by atoms with Gasteiger partial charge in [-0.25, -0.2) is 13.1 Å². The molecular weight excluding hydrogens is 376 g/mol. The van der Waals surface area contributed by atoms with E-state index in [1.165, 1.54) is 11.3 Å². The number of thiophene rings is 1. The Morgan fingerprint density at radius 3 is 2.69 bits per heavy atom. The van der Waals surface area contributed by atoms with Gasteiger partial charge in [-0.2, -0.15) is 0 Å². The van der Waals surface area contributed by atoms with Gasteiger partial charge in [-0.1, -0.05) is 6.07 Å². The van der Waals surface area contributed by atoms with Crippen LogP contribution in [-0.2, 0) is 19.6 Å². The Morgan fingerprint density at radius 1 is 1.38 bits per heavy atom. The number of guanidine groups is 1. The van der Waals surface area contributed by atoms with Crippen molar-refractivity contribution in [3.05, 3.63) is 17.5 Å². The van der Waals surface area contributed by atoms with E-state index in [9.17, 15) is 13.2 Å². The van der Waals surface area contributed by atoms with Crippen LogP contribution in [0.3, 0.4) is 0 Å². The number of piperidine rings is 1. The minimum absolute atomic E-state index is 0.0538. The molecule has 8 nitrogen and oxygen atoms in total. The summed E-state index contributed by atoms with van der Waals surface area (Å²) in [5.41, 5.74) is 0. The molecule has 1 aromatic rings. The van der Waals surface area contributed by atoms with Crippen LogP contribution in [0.15, 0.2) is 26.7 Å². The van der Waals surface area contributed by atoms with Gasteiger partial charge in [-0.15, -0.1) is 11.3 Å². The maximum absolute atomic E-state index is 12.0. The summed E-state index contributed by atoms with van der Waals surface area (Å²) in [7, 11) is -1.76. The number of hydrogen-bond acceptors (Lipinski definition) is 6. The van der Waals surface area contributed by atoms with Crippen LogP contribution in [-0.4, -0.2) is 65.1 Å². The van der Waals surface area contributed by atoms with Crippen LogP contribution in [0.2, 0.25) is 0 Å². The molecule has 10 heteroatoms. The van der Waals surface area contributed by atoms with Gasteiger partial charge in [0.1, 0.15) is 4.21 Å². The van der Waals surface area contributed by atoms with Crippen molar-refractivity contribution in [3.63, 3.8) is 0 Å². The number of likely N-dealkylation sites (tertiary alicyclic amines) is 1. The van der Waals surface area contributed by atoms with Gasteiger partial charge in [0, 0.05) is 33.2 Å². The molecule has 0 aliphatic carbocycles. The normalized spacial score (nSPS) is 16.5. The van der Waals surface area contributed by atoms with E-state index >= 15 is 0 Å². The fourth-order valence-corrected chi connectivity index (χ4v) is 4.84. The van der Waals surface area contributed by atoms with Crippen molar-refractivity contribution < 1.29 is 17.9 Å². The zero-order valence-corrected chi connectivity index (χ0v) is 16.7. The molecule has 0 saturated carbocycles. The number of esters is 1. The standard InChI is InChI=1S/C16H26N4O4S2/c1-3-24-15(21)13-6-10-20(11-7-13)16(17-2)18-8-9-19-26(22,23)14-5-4-12-25-14/h4-5,12-13,19H,3,6-11H2,1-2H3,(H,17,18). The molecule has 0 radical (unpaired) electrons. The van der Waals surface area contributed by atoms with Crippen LogP contribution in [0.1, 0.15) is 19.8 Å². The SMILES string of the molecule is CCOC(=O)C1CCN(C(=NC)NCCNS(=O)(=O)c2cccs2)CC1. The summed E-state index contributed by atoms with van der Waals surface area (Å²) < 4.78 is 32.1. The molecule has 0 spiro atoms. The largest absolute Gasteiger partial charge is 0.466 e. The highest BCUT2D eigenvalue weighted by Crippen LogP contribution is 2.18. The van der Waals surface area contributed by atoms with Gasteiger partial charge in [0.15, 0.2) is 5.96 Å². The second-order valence-corrected chi connectivity index (χ2v) is 8.76. The quantitative estimate of drug-likeness (QED) is 0.304. The van der Waals surface area contributed by atoms with Gasteiger partial charge in [0.05, 0.1) is 12.5 Å². The fraction of sp³-hybridized carbons (Fsp3) is 0.625. The number of carbonyl (C=O) groups excluding carboxylic acids is 1. The van der Waals surface area contributed by atoms with Crippen molar-refractivity contribution in [1.29, 1.82) is 0 Å². The summed E-state index contributed by atoms with van der Waals surface area (Å²) in [6.07, 6.45) is 1.45. The highest BCUT2D eigenvalue weighted by molar-refractivity contribution is 7.91. The van der Waals surface area contributed by atoms with E-state index in [1.807, 2.05) is 6.92 Å². The summed E-state index contributed by atoms with van der Waals surface area (Å²) in [4.78, 5) is 18.1. The lowest BCUT2D eigenvalue weighted by atomic mass is 9.97. The Balaban J connectivity index is 1.74. The molecule has 2 heterocycles. The molecule has 2 N–H and O–H groups in total. The van der Waals surface area contributed by atoms with E-state index in [1.54, 1.807) is 24.6 Å². The van der Waals surface area contributed by atoms with Gasteiger partial charge >= 0.3 is 5.97 Å². The lowest BCUT2D eigenvalue weighted by Gasteiger charge is -2.33. The fourth-order valence-electron chi connectivity index (χ4n) is 2.77. The van der Waals surface area contributed by atoms with Crippen molar-refractivity contribution in [2.45, 2.75) is 24.0 Å². The second-order valence-electron chi connectivity index (χ2n) is 5.82. The minimum atomic E-state index is -3.45. The minimum Gasteiger partial charge on any atom is -0.466 e. The first-order valence-electron chi connectivity index (χ1n) is 8.63. The molecule has 0 amide bonds. The van der Waals surface area contributed by atoms with E-state index in [0.717, 1.165) is 12.8 Å². The molecule has 0 bridgehead atoms. The zero-order chi connectivity index (χ0) is 19.0. The third-order valence-electron chi connectivity index (χ3n) is 4.09. The molecule has 0 aromatic carbocycles. The molecule has 26 heavy (non-hydrogen) atoms. The van der Waals surface area contributed by atoms with Crippen LogP contribution in [0.25, 0.3) is 0 Å². The summed E-state index contributed by atoms with van der Waals surface area (Å²) in [6.45, 7) is 4.33. The third kappa shape index (κ3) is 5.68. The lowest BCUT2D eigenvalue weighted by Crippen LogP contribution is -2.48. The lowest BCUT2D eigenvalue weighted by molar-refractivity contribution is -0.149. The van der Waals surface area contributed by atoms with Crippen molar-refractivity contribution in [3.8, 4) is 0 Å². The van der Waals surface area contributed by atoms with Crippen LogP contribution < -0.4 is 10.0 Å². The number of hydrogen-bond donors (Lipinski definition) is 2. The van der Waals surface area contributed by atoms with E-state index in [4.69, 9.17) is 4.74 Å². The monoisotopic (exact) mass is 402 g/mol. The Hall–Kier alpha value is -1.65. The summed E-state index contributed by atoms with van der Waals surface area (Å²) in [5.74, 6) is 0.530. The molecule has 2 rings (SSSR count). The van der Waals surface area contributed by atoms with Gasteiger partial charge in [0.2, 0.25) is 10.0 Å². The molecule has 0 unspecified atom stereocenters. The van der Waals surface area contributed by atoms with Crippen molar-refractivity contribution in [1.82, 2.24) is 14.9 Å². The third-order valence-corrected chi connectivity index (χ3v) is 6.94. The molecule has 1 aliphatic heterocycles. The predicted octanol–water partition coefficient (Wildman–Crippen LogP) is 0.877. The van der Waals surface area contributed by atoms with Crippen molar-refractivity contribution in [2.24, 2.45) is 10.9 Å². The van der Waals surface area contributed by atoms with E-state index in [0.29, 0.717) is 36.4 Å². The average molecular weight is 403 g/mol. The molecular formula is C16H26N4O4S2. The summed E-state index contributed by atoms with van der Waals surface area (Å²) in [5, 5.41) is 4.89. The Bertz CT molecular complexity index is 696. The summed E-state index contributed by atoms with van der Waals surface area (Å²) >= 11 is 1.19. The molecule has 1 aromatic heterocycles. The van der Waals surface area contributed by atoms with Crippen LogP contribution >= 0.6 is 11.3 Å². The molecule has 1 aliphatic rings. The number of aliphatic imine (C=N–C) groups is 1. The number of rotatable bonds is 7. The van der Waals surface area contributed by atoms with Crippen LogP contribution in [0, 0.1) is 5.92 Å². The smallest absolute Gasteiger partial charge is 0.309 e. The average Bonchev–Trinajstić information content (AvgIpc) is 3.18. The maximum Gasteiger partial charge on any atom is 0.309 e. The first kappa shape index (κ1) is 20.7. The predicted molar refractivity (Wildman–Crippen MR) is 102 cm³/mol. The topological polar surface area (TPSA) is 100 Å². The van der Waals surface area contributed by atoms with E-state index in [2.05, 4.69) is 19.9 Å². The number of nitrogens with zero attached hydrogens (tertiary/aromatic N) is 2. The molecule has 1 fully saturated rings. The molecule has 146 valence electrons.